The number of hydrogen-bond donors (Lipinski definition) is 0. The Morgan fingerprint density at radius 3 is 1.95 bits per heavy atom. The van der Waals surface area contributed by atoms with Crippen molar-refractivity contribution in [3.05, 3.63) is 206 Å². The molecular formula is C54H34N2O. The second-order valence-corrected chi connectivity index (χ2v) is 13.1. The highest BCUT2D eigenvalue weighted by Crippen LogP contribution is 2.42. The number of para-hydroxylation sites is 3. The van der Waals surface area contributed by atoms with Gasteiger partial charge in [-0.2, -0.15) is 0 Å². The first-order valence-corrected chi connectivity index (χ1v) is 17.6. The molecule has 0 aliphatic heterocycles. The first kappa shape index (κ1) is 16.6. The first-order valence-electron chi connectivity index (χ1n) is 29.1. The summed E-state index contributed by atoms with van der Waals surface area (Å²) in [5.74, 6) is 0. The standard InChI is InChI=1S/C54H34N2O/c1-3-14-35(15-4-1)37-18-11-19-39(32-37)56-49-26-10-7-20-43(49)45-24-12-23-42(54(45)56)38-28-31-50-47(33-38)44-21-8-9-25-48(44)55(50)40-29-30-46-52(34-40)57-51-27-13-22-41(53(46)51)36-16-5-2-6-17-36/h1-34H/i2D,5D,6D,7D,8D,9D,10D,12D,13D,16D,17D,20D,21D,22D,23D,24D,25D,26D,27D,29D,31D,33D,34D. The van der Waals surface area contributed by atoms with Gasteiger partial charge in [-0.1, -0.05) is 145 Å². The van der Waals surface area contributed by atoms with Gasteiger partial charge in [0, 0.05) is 55.3 Å². The molecule has 0 spiro atoms. The van der Waals surface area contributed by atoms with Gasteiger partial charge in [-0.05, 0) is 82.3 Å². The zero-order chi connectivity index (χ0) is 57.5. The van der Waals surface area contributed by atoms with Gasteiger partial charge in [0.15, 0.2) is 0 Å². The third kappa shape index (κ3) is 4.86. The van der Waals surface area contributed by atoms with E-state index in [0.29, 0.717) is 5.56 Å². The zero-order valence-corrected chi connectivity index (χ0v) is 29.2. The van der Waals surface area contributed by atoms with Crippen LogP contribution in [0, 0.1) is 0 Å². The maximum atomic E-state index is 10.2. The van der Waals surface area contributed by atoms with E-state index < -0.39 is 172 Å². The fourth-order valence-corrected chi connectivity index (χ4v) is 7.59. The third-order valence-corrected chi connectivity index (χ3v) is 10.0. The lowest BCUT2D eigenvalue weighted by Gasteiger charge is -2.14. The van der Waals surface area contributed by atoms with Gasteiger partial charge in [0.05, 0.1) is 53.6 Å². The maximum Gasteiger partial charge on any atom is 0.137 e. The molecule has 9 aromatic carbocycles. The van der Waals surface area contributed by atoms with Crippen LogP contribution in [0.4, 0.5) is 0 Å². The second kappa shape index (κ2) is 12.5. The molecule has 0 radical (unpaired) electrons. The van der Waals surface area contributed by atoms with Crippen LogP contribution in [0.3, 0.4) is 0 Å². The highest BCUT2D eigenvalue weighted by atomic mass is 16.3. The Morgan fingerprint density at radius 2 is 1.09 bits per heavy atom. The van der Waals surface area contributed by atoms with Gasteiger partial charge in [-0.15, -0.1) is 0 Å². The van der Waals surface area contributed by atoms with Gasteiger partial charge in [0.1, 0.15) is 11.2 Å². The topological polar surface area (TPSA) is 23.0 Å². The van der Waals surface area contributed by atoms with Crippen molar-refractivity contribution < 1.29 is 35.9 Å². The van der Waals surface area contributed by atoms with E-state index in [9.17, 15) is 15.1 Å². The largest absolute Gasteiger partial charge is 0.456 e. The van der Waals surface area contributed by atoms with Crippen molar-refractivity contribution in [1.29, 1.82) is 0 Å². The summed E-state index contributed by atoms with van der Waals surface area (Å²) in [5, 5.41) is -1.54. The molecular weight excluding hydrogens is 693 g/mol. The summed E-state index contributed by atoms with van der Waals surface area (Å²) in [6.07, 6.45) is 0. The van der Waals surface area contributed by atoms with Crippen LogP contribution in [0.5, 0.6) is 0 Å². The van der Waals surface area contributed by atoms with Crippen molar-refractivity contribution >= 4 is 65.6 Å². The number of fused-ring (bicyclic) bond motifs is 9. The maximum absolute atomic E-state index is 10.2. The summed E-state index contributed by atoms with van der Waals surface area (Å²) in [5.41, 5.74) is -2.28. The van der Waals surface area contributed by atoms with E-state index >= 15 is 0 Å². The van der Waals surface area contributed by atoms with Crippen LogP contribution in [-0.2, 0) is 0 Å². The van der Waals surface area contributed by atoms with Crippen molar-refractivity contribution in [3.8, 4) is 44.8 Å². The first-order chi connectivity index (χ1) is 37.8. The highest BCUT2D eigenvalue weighted by molar-refractivity contribution is 6.16. The third-order valence-electron chi connectivity index (χ3n) is 10.0. The predicted octanol–water partition coefficient (Wildman–Crippen LogP) is 14.8. The van der Waals surface area contributed by atoms with Crippen LogP contribution in [-0.4, -0.2) is 9.13 Å². The fourth-order valence-electron chi connectivity index (χ4n) is 7.59. The molecule has 3 nitrogen and oxygen atoms in total. The van der Waals surface area contributed by atoms with Crippen molar-refractivity contribution in [1.82, 2.24) is 9.13 Å². The lowest BCUT2D eigenvalue weighted by molar-refractivity contribution is 0.668. The molecule has 0 saturated heterocycles. The Hall–Kier alpha value is -7.62. The van der Waals surface area contributed by atoms with Crippen LogP contribution >= 0.6 is 0 Å². The summed E-state index contributed by atoms with van der Waals surface area (Å²) >= 11 is 0. The molecule has 0 amide bonds. The average Bonchev–Trinajstić information content (AvgIpc) is 4.34. The second-order valence-electron chi connectivity index (χ2n) is 13.1. The monoisotopic (exact) mass is 749 g/mol. The molecule has 0 atom stereocenters. The number of benzene rings is 9. The van der Waals surface area contributed by atoms with Crippen LogP contribution in [0.15, 0.2) is 210 Å². The Morgan fingerprint density at radius 1 is 0.386 bits per heavy atom. The van der Waals surface area contributed by atoms with Crippen LogP contribution in [0.1, 0.15) is 31.5 Å². The lowest BCUT2D eigenvalue weighted by Crippen LogP contribution is -1.96. The number of hydrogen-bond acceptors (Lipinski definition) is 1. The molecule has 12 rings (SSSR count). The molecule has 12 aromatic rings. The smallest absolute Gasteiger partial charge is 0.137 e. The molecule has 0 N–H and O–H groups in total. The Labute approximate surface area is 361 Å². The summed E-state index contributed by atoms with van der Waals surface area (Å²) < 4.78 is 218. The van der Waals surface area contributed by atoms with E-state index in [-0.39, 0.29) is 65.7 Å². The quantitative estimate of drug-likeness (QED) is 0.172. The predicted molar refractivity (Wildman–Crippen MR) is 239 cm³/mol. The molecule has 0 saturated carbocycles. The van der Waals surface area contributed by atoms with E-state index in [0.717, 1.165) is 22.3 Å². The zero-order valence-electron chi connectivity index (χ0n) is 52.2. The van der Waals surface area contributed by atoms with Gasteiger partial charge in [-0.3, -0.25) is 0 Å². The van der Waals surface area contributed by atoms with E-state index in [1.54, 1.807) is 18.2 Å². The molecule has 3 heterocycles. The van der Waals surface area contributed by atoms with Crippen LogP contribution in [0.2, 0.25) is 0 Å². The molecule has 0 bridgehead atoms. The van der Waals surface area contributed by atoms with Crippen molar-refractivity contribution in [2.24, 2.45) is 0 Å². The molecule has 57 heavy (non-hydrogen) atoms. The molecule has 0 unspecified atom stereocenters. The summed E-state index contributed by atoms with van der Waals surface area (Å²) in [7, 11) is 0. The summed E-state index contributed by atoms with van der Waals surface area (Å²) in [4.78, 5) is 0. The molecule has 3 heteroatoms. The van der Waals surface area contributed by atoms with Gasteiger partial charge in [-0.25, -0.2) is 0 Å². The van der Waals surface area contributed by atoms with Gasteiger partial charge in [0.2, 0.25) is 0 Å². The SMILES string of the molecule is [2H]c1cc2c(oc3c([2H])c([2H])c([2H])c(-c4c([2H])c([2H])c([2H])c([2H])c4[2H])c32)c([2H])c1-n1c2c([2H])cc(-c3c([2H])c([2H])c([2H])c4c5c([2H])c([2H])c([2H])c([2H])c5n(-c5cccc(-c6ccccc6)c5)c34)c([2H])c2c2c([2H])c([2H])c([2H])c([2H])c21. The molecule has 0 aliphatic rings. The van der Waals surface area contributed by atoms with Gasteiger partial charge >= 0.3 is 0 Å². The summed E-state index contributed by atoms with van der Waals surface area (Å²) in [6, 6.07) is 2.42. The van der Waals surface area contributed by atoms with Crippen LogP contribution in [0.25, 0.3) is 110 Å². The minimum absolute atomic E-state index is 0.123. The van der Waals surface area contributed by atoms with E-state index in [1.165, 1.54) is 4.57 Å². The lowest BCUT2D eigenvalue weighted by atomic mass is 9.99. The normalized spacial score (nSPS) is 17.5. The molecule has 266 valence electrons. The number of aromatic nitrogens is 2. The molecule has 3 aromatic heterocycles. The van der Waals surface area contributed by atoms with Crippen LogP contribution < -0.4 is 0 Å². The van der Waals surface area contributed by atoms with Crippen molar-refractivity contribution in [3.63, 3.8) is 0 Å². The summed E-state index contributed by atoms with van der Waals surface area (Å²) in [6.45, 7) is 0. The van der Waals surface area contributed by atoms with Gasteiger partial charge < -0.3 is 13.6 Å². The molecule has 0 fully saturated rings. The molecule has 0 aliphatic carbocycles. The van der Waals surface area contributed by atoms with E-state index in [1.807, 2.05) is 36.4 Å². The Bertz CT molecular complexity index is 4840. The van der Waals surface area contributed by atoms with Crippen molar-refractivity contribution in [2.45, 2.75) is 0 Å². The number of furan rings is 1. The Balaban J connectivity index is 1.23. The highest BCUT2D eigenvalue weighted by Gasteiger charge is 2.20. The fraction of sp³-hybridized carbons (Fsp3) is 0. The average molecular weight is 750 g/mol. The van der Waals surface area contributed by atoms with E-state index in [2.05, 4.69) is 0 Å². The Kier molecular flexibility index (Phi) is 3.63. The van der Waals surface area contributed by atoms with Crippen molar-refractivity contribution in [2.75, 3.05) is 0 Å². The number of nitrogens with zero attached hydrogens (tertiary/aromatic N) is 2. The van der Waals surface area contributed by atoms with E-state index in [4.69, 9.17) is 20.9 Å². The number of rotatable bonds is 5. The van der Waals surface area contributed by atoms with Gasteiger partial charge in [0.25, 0.3) is 0 Å². The minimum atomic E-state index is -0.789. The minimum Gasteiger partial charge on any atom is -0.456 e.